The van der Waals surface area contributed by atoms with Crippen LogP contribution in [0.3, 0.4) is 0 Å². The summed E-state index contributed by atoms with van der Waals surface area (Å²) in [5.74, 6) is 1.18. The molecule has 0 saturated carbocycles. The maximum atomic E-state index is 12.6. The van der Waals surface area contributed by atoms with Crippen molar-refractivity contribution in [2.75, 3.05) is 18.0 Å². The number of carbonyl (C=O) groups is 1. The number of carbonyl (C=O) groups excluding carboxylic acids is 1. The SMILES string of the molecule is CCN(CC)c1nc(C(=O)NCc2ccco2)nc2nc(C)cc(C)c12. The van der Waals surface area contributed by atoms with Crippen molar-refractivity contribution in [1.82, 2.24) is 20.3 Å². The molecule has 0 fully saturated rings. The van der Waals surface area contributed by atoms with Crippen LogP contribution in [0.25, 0.3) is 11.0 Å². The van der Waals surface area contributed by atoms with Crippen molar-refractivity contribution >= 4 is 22.8 Å². The van der Waals surface area contributed by atoms with Crippen LogP contribution >= 0.6 is 0 Å². The molecule has 0 saturated heterocycles. The minimum absolute atomic E-state index is 0.114. The van der Waals surface area contributed by atoms with Gasteiger partial charge in [-0.1, -0.05) is 0 Å². The van der Waals surface area contributed by atoms with E-state index in [1.54, 1.807) is 18.4 Å². The molecule has 0 aliphatic carbocycles. The van der Waals surface area contributed by atoms with E-state index in [2.05, 4.69) is 39.0 Å². The molecule has 0 unspecified atom stereocenters. The van der Waals surface area contributed by atoms with Crippen LogP contribution in [0, 0.1) is 13.8 Å². The number of aromatic nitrogens is 3. The van der Waals surface area contributed by atoms with Crippen LogP contribution in [0.2, 0.25) is 0 Å². The molecule has 3 aromatic heterocycles. The van der Waals surface area contributed by atoms with E-state index < -0.39 is 0 Å². The van der Waals surface area contributed by atoms with Gasteiger partial charge in [-0.3, -0.25) is 4.79 Å². The molecule has 1 amide bonds. The molecule has 0 atom stereocenters. The fourth-order valence-electron chi connectivity index (χ4n) is 2.97. The van der Waals surface area contributed by atoms with Crippen molar-refractivity contribution in [3.05, 3.63) is 47.3 Å². The first kappa shape index (κ1) is 17.8. The lowest BCUT2D eigenvalue weighted by molar-refractivity contribution is 0.0938. The normalized spacial score (nSPS) is 10.9. The van der Waals surface area contributed by atoms with Crippen molar-refractivity contribution < 1.29 is 9.21 Å². The molecule has 7 nitrogen and oxygen atoms in total. The number of amides is 1. The number of aryl methyl sites for hydroxylation is 2. The third-order valence-electron chi connectivity index (χ3n) is 4.24. The van der Waals surface area contributed by atoms with Crippen LogP contribution in [-0.4, -0.2) is 33.9 Å². The first-order chi connectivity index (χ1) is 12.5. The quantitative estimate of drug-likeness (QED) is 0.733. The van der Waals surface area contributed by atoms with Gasteiger partial charge >= 0.3 is 0 Å². The van der Waals surface area contributed by atoms with Crippen LogP contribution in [0.1, 0.15) is 41.5 Å². The summed E-state index contributed by atoms with van der Waals surface area (Å²) in [6.45, 7) is 9.91. The molecule has 3 heterocycles. The number of nitrogens with one attached hydrogen (secondary N) is 1. The molecule has 3 aromatic rings. The first-order valence-corrected chi connectivity index (χ1v) is 8.75. The molecule has 0 aromatic carbocycles. The molecular weight excluding hydrogens is 330 g/mol. The Morgan fingerprint density at radius 2 is 1.96 bits per heavy atom. The topological polar surface area (TPSA) is 84.2 Å². The zero-order valence-electron chi connectivity index (χ0n) is 15.5. The number of rotatable bonds is 6. The standard InChI is InChI=1S/C19H23N5O2/c1-5-24(6-2)18-15-12(3)10-13(4)21-16(15)22-17(23-18)19(25)20-11-14-8-7-9-26-14/h7-10H,5-6,11H2,1-4H3,(H,20,25). The van der Waals surface area contributed by atoms with Gasteiger partial charge in [0.1, 0.15) is 11.6 Å². The Morgan fingerprint density at radius 3 is 2.62 bits per heavy atom. The number of pyridine rings is 1. The van der Waals surface area contributed by atoms with Crippen LogP contribution in [0.5, 0.6) is 0 Å². The van der Waals surface area contributed by atoms with Crippen LogP contribution in [0.15, 0.2) is 28.9 Å². The highest BCUT2D eigenvalue weighted by atomic mass is 16.3. The molecular formula is C19H23N5O2. The molecule has 136 valence electrons. The molecule has 26 heavy (non-hydrogen) atoms. The summed E-state index contributed by atoms with van der Waals surface area (Å²) in [5, 5.41) is 3.68. The Morgan fingerprint density at radius 1 is 1.19 bits per heavy atom. The Kier molecular flexibility index (Phi) is 5.16. The van der Waals surface area contributed by atoms with E-state index in [1.165, 1.54) is 0 Å². The van der Waals surface area contributed by atoms with Crippen LogP contribution in [0.4, 0.5) is 5.82 Å². The predicted molar refractivity (Wildman–Crippen MR) is 100 cm³/mol. The summed E-state index contributed by atoms with van der Waals surface area (Å²) in [5.41, 5.74) is 2.46. The number of anilines is 1. The summed E-state index contributed by atoms with van der Waals surface area (Å²) in [6.07, 6.45) is 1.57. The van der Waals surface area contributed by atoms with Gasteiger partial charge in [-0.2, -0.15) is 0 Å². The second-order valence-corrected chi connectivity index (χ2v) is 6.08. The molecule has 0 aliphatic heterocycles. The molecule has 3 rings (SSSR count). The Bertz CT molecular complexity index is 917. The van der Waals surface area contributed by atoms with Crippen molar-refractivity contribution in [1.29, 1.82) is 0 Å². The second-order valence-electron chi connectivity index (χ2n) is 6.08. The van der Waals surface area contributed by atoms with E-state index in [-0.39, 0.29) is 18.3 Å². The van der Waals surface area contributed by atoms with E-state index >= 15 is 0 Å². The summed E-state index contributed by atoms with van der Waals surface area (Å²) in [6, 6.07) is 5.59. The minimum Gasteiger partial charge on any atom is -0.467 e. The average molecular weight is 353 g/mol. The molecule has 0 aliphatic rings. The van der Waals surface area contributed by atoms with Gasteiger partial charge in [0.15, 0.2) is 5.65 Å². The molecule has 1 N–H and O–H groups in total. The number of furan rings is 1. The monoisotopic (exact) mass is 353 g/mol. The Labute approximate surface area is 152 Å². The molecule has 7 heteroatoms. The number of nitrogens with zero attached hydrogens (tertiary/aromatic N) is 4. The van der Waals surface area contributed by atoms with Crippen molar-refractivity contribution in [2.45, 2.75) is 34.2 Å². The van der Waals surface area contributed by atoms with Gasteiger partial charge in [-0.05, 0) is 51.5 Å². The van der Waals surface area contributed by atoms with Gasteiger partial charge in [0, 0.05) is 18.8 Å². The molecule has 0 radical (unpaired) electrons. The van der Waals surface area contributed by atoms with Gasteiger partial charge < -0.3 is 14.6 Å². The third-order valence-corrected chi connectivity index (χ3v) is 4.24. The highest BCUT2D eigenvalue weighted by Crippen LogP contribution is 2.26. The van der Waals surface area contributed by atoms with E-state index in [1.807, 2.05) is 19.9 Å². The van der Waals surface area contributed by atoms with Gasteiger partial charge in [0.05, 0.1) is 18.2 Å². The van der Waals surface area contributed by atoms with Crippen molar-refractivity contribution in [3.63, 3.8) is 0 Å². The van der Waals surface area contributed by atoms with E-state index in [0.29, 0.717) is 11.4 Å². The minimum atomic E-state index is -0.349. The van der Waals surface area contributed by atoms with Gasteiger partial charge in [0.2, 0.25) is 5.82 Å². The smallest absolute Gasteiger partial charge is 0.289 e. The maximum absolute atomic E-state index is 12.6. The predicted octanol–water partition coefficient (Wildman–Crippen LogP) is 3.01. The molecule has 0 bridgehead atoms. The van der Waals surface area contributed by atoms with Gasteiger partial charge in [-0.25, -0.2) is 15.0 Å². The van der Waals surface area contributed by atoms with E-state index in [9.17, 15) is 4.79 Å². The van der Waals surface area contributed by atoms with E-state index in [0.717, 1.165) is 35.6 Å². The van der Waals surface area contributed by atoms with Crippen molar-refractivity contribution in [2.24, 2.45) is 0 Å². The summed E-state index contributed by atoms with van der Waals surface area (Å²) in [4.78, 5) is 28.2. The highest BCUT2D eigenvalue weighted by Gasteiger charge is 2.19. The first-order valence-electron chi connectivity index (χ1n) is 8.75. The summed E-state index contributed by atoms with van der Waals surface area (Å²) >= 11 is 0. The fraction of sp³-hybridized carbons (Fsp3) is 0.368. The third kappa shape index (κ3) is 3.51. The zero-order chi connectivity index (χ0) is 18.7. The zero-order valence-corrected chi connectivity index (χ0v) is 15.5. The Hall–Kier alpha value is -2.96. The number of hydrogen-bond acceptors (Lipinski definition) is 6. The summed E-state index contributed by atoms with van der Waals surface area (Å²) in [7, 11) is 0. The second kappa shape index (κ2) is 7.51. The largest absolute Gasteiger partial charge is 0.467 e. The average Bonchev–Trinajstić information content (AvgIpc) is 3.13. The fourth-order valence-corrected chi connectivity index (χ4v) is 2.97. The lowest BCUT2D eigenvalue weighted by Gasteiger charge is -2.22. The Balaban J connectivity index is 2.03. The number of fused-ring (bicyclic) bond motifs is 1. The highest BCUT2D eigenvalue weighted by molar-refractivity contribution is 5.96. The summed E-state index contributed by atoms with van der Waals surface area (Å²) < 4.78 is 5.24. The van der Waals surface area contributed by atoms with Gasteiger partial charge in [-0.15, -0.1) is 0 Å². The van der Waals surface area contributed by atoms with Crippen molar-refractivity contribution in [3.8, 4) is 0 Å². The van der Waals surface area contributed by atoms with Crippen LogP contribution < -0.4 is 10.2 Å². The maximum Gasteiger partial charge on any atom is 0.289 e. The lowest BCUT2D eigenvalue weighted by Crippen LogP contribution is -2.28. The van der Waals surface area contributed by atoms with Gasteiger partial charge in [0.25, 0.3) is 5.91 Å². The van der Waals surface area contributed by atoms with Crippen LogP contribution in [-0.2, 0) is 6.54 Å². The number of hydrogen-bond donors (Lipinski definition) is 1. The molecule has 0 spiro atoms. The van der Waals surface area contributed by atoms with E-state index in [4.69, 9.17) is 4.42 Å². The lowest BCUT2D eigenvalue weighted by atomic mass is 10.1.